The van der Waals surface area contributed by atoms with Crippen molar-refractivity contribution in [2.75, 3.05) is 5.73 Å². The van der Waals surface area contributed by atoms with Crippen molar-refractivity contribution < 1.29 is 4.79 Å². The topological polar surface area (TPSA) is 83.8 Å². The number of carbonyl (C=O) groups excluding carboxylic acids is 1. The minimum atomic E-state index is -0.0477. The van der Waals surface area contributed by atoms with E-state index in [9.17, 15) is 4.79 Å². The lowest BCUT2D eigenvalue weighted by molar-refractivity contribution is -0.120. The van der Waals surface area contributed by atoms with Crippen LogP contribution in [0.2, 0.25) is 0 Å². The number of aromatic amines is 1. The first kappa shape index (κ1) is 12.2. The fraction of sp³-hybridized carbons (Fsp3) is 0.231. The molecule has 94 valence electrons. The van der Waals surface area contributed by atoms with Crippen molar-refractivity contribution in [2.45, 2.75) is 19.9 Å². The van der Waals surface area contributed by atoms with E-state index >= 15 is 0 Å². The van der Waals surface area contributed by atoms with E-state index in [1.165, 1.54) is 0 Å². The number of anilines is 1. The highest BCUT2D eigenvalue weighted by Crippen LogP contribution is 2.11. The normalized spacial score (nSPS) is 10.3. The van der Waals surface area contributed by atoms with Crippen LogP contribution in [0.25, 0.3) is 0 Å². The fourth-order valence-electron chi connectivity index (χ4n) is 1.68. The zero-order chi connectivity index (χ0) is 13.0. The predicted molar refractivity (Wildman–Crippen MR) is 69.7 cm³/mol. The standard InChI is InChI=1S/C13H16N4O/c1-9-11(8-16-17-9)7-15-13(18)6-10-4-2-3-5-12(10)14/h2-5,8H,6-7,14H2,1H3,(H,15,18)(H,16,17). The highest BCUT2D eigenvalue weighted by molar-refractivity contribution is 5.80. The molecule has 0 atom stereocenters. The van der Waals surface area contributed by atoms with Gasteiger partial charge in [0.1, 0.15) is 0 Å². The summed E-state index contributed by atoms with van der Waals surface area (Å²) in [5, 5.41) is 9.58. The van der Waals surface area contributed by atoms with Crippen molar-refractivity contribution in [3.8, 4) is 0 Å². The Bertz CT molecular complexity index is 547. The number of benzene rings is 1. The molecule has 1 aromatic carbocycles. The number of para-hydroxylation sites is 1. The summed E-state index contributed by atoms with van der Waals surface area (Å²) in [6.45, 7) is 2.40. The molecule has 0 bridgehead atoms. The number of nitrogen functional groups attached to an aromatic ring is 1. The van der Waals surface area contributed by atoms with Crippen LogP contribution in [0.1, 0.15) is 16.8 Å². The largest absolute Gasteiger partial charge is 0.398 e. The van der Waals surface area contributed by atoms with Crippen LogP contribution in [0.5, 0.6) is 0 Å². The Kier molecular flexibility index (Phi) is 3.62. The number of rotatable bonds is 4. The molecule has 0 saturated carbocycles. The van der Waals surface area contributed by atoms with E-state index in [0.717, 1.165) is 16.8 Å². The number of amides is 1. The Hall–Kier alpha value is -2.30. The SMILES string of the molecule is Cc1[nH]ncc1CNC(=O)Cc1ccccc1N. The number of hydrogen-bond donors (Lipinski definition) is 3. The monoisotopic (exact) mass is 244 g/mol. The van der Waals surface area contributed by atoms with Crippen LogP contribution in [0.3, 0.4) is 0 Å². The minimum Gasteiger partial charge on any atom is -0.398 e. The van der Waals surface area contributed by atoms with Gasteiger partial charge in [-0.25, -0.2) is 0 Å². The average molecular weight is 244 g/mol. The van der Waals surface area contributed by atoms with E-state index in [1.54, 1.807) is 12.3 Å². The molecule has 1 aromatic heterocycles. The van der Waals surface area contributed by atoms with Gasteiger partial charge < -0.3 is 11.1 Å². The van der Waals surface area contributed by atoms with Crippen molar-refractivity contribution in [3.63, 3.8) is 0 Å². The summed E-state index contributed by atoms with van der Waals surface area (Å²) in [4.78, 5) is 11.8. The zero-order valence-electron chi connectivity index (χ0n) is 10.2. The first-order chi connectivity index (χ1) is 8.66. The van der Waals surface area contributed by atoms with Crippen molar-refractivity contribution in [1.29, 1.82) is 0 Å². The maximum Gasteiger partial charge on any atom is 0.224 e. The van der Waals surface area contributed by atoms with Gasteiger partial charge >= 0.3 is 0 Å². The Labute approximate surface area is 105 Å². The highest BCUT2D eigenvalue weighted by Gasteiger charge is 2.07. The van der Waals surface area contributed by atoms with E-state index < -0.39 is 0 Å². The lowest BCUT2D eigenvalue weighted by Crippen LogP contribution is -2.25. The quantitative estimate of drug-likeness (QED) is 0.706. The second-order valence-electron chi connectivity index (χ2n) is 4.17. The van der Waals surface area contributed by atoms with Crippen LogP contribution in [0.4, 0.5) is 5.69 Å². The van der Waals surface area contributed by atoms with Gasteiger partial charge in [0.05, 0.1) is 12.6 Å². The molecule has 4 N–H and O–H groups in total. The summed E-state index contributed by atoms with van der Waals surface area (Å²) in [6, 6.07) is 7.38. The predicted octanol–water partition coefficient (Wildman–Crippen LogP) is 1.16. The van der Waals surface area contributed by atoms with Crippen molar-refractivity contribution in [1.82, 2.24) is 15.5 Å². The fourth-order valence-corrected chi connectivity index (χ4v) is 1.68. The zero-order valence-corrected chi connectivity index (χ0v) is 10.2. The van der Waals surface area contributed by atoms with E-state index in [2.05, 4.69) is 15.5 Å². The molecule has 0 fully saturated rings. The molecule has 0 radical (unpaired) electrons. The van der Waals surface area contributed by atoms with Gasteiger partial charge in [-0.1, -0.05) is 18.2 Å². The number of nitrogens with zero attached hydrogens (tertiary/aromatic N) is 1. The molecule has 0 spiro atoms. The molecule has 5 nitrogen and oxygen atoms in total. The van der Waals surface area contributed by atoms with E-state index in [4.69, 9.17) is 5.73 Å². The second-order valence-corrected chi connectivity index (χ2v) is 4.17. The van der Waals surface area contributed by atoms with E-state index in [0.29, 0.717) is 18.7 Å². The first-order valence-corrected chi connectivity index (χ1v) is 5.75. The van der Waals surface area contributed by atoms with Gasteiger partial charge in [-0.3, -0.25) is 9.89 Å². The molecule has 0 aliphatic heterocycles. The molecule has 2 aromatic rings. The smallest absolute Gasteiger partial charge is 0.224 e. The van der Waals surface area contributed by atoms with Crippen molar-refractivity contribution >= 4 is 11.6 Å². The maximum absolute atomic E-state index is 11.8. The van der Waals surface area contributed by atoms with Crippen LogP contribution in [-0.2, 0) is 17.8 Å². The van der Waals surface area contributed by atoms with Gasteiger partial charge in [-0.2, -0.15) is 5.10 Å². The molecule has 1 amide bonds. The van der Waals surface area contributed by atoms with Gasteiger partial charge in [0.2, 0.25) is 5.91 Å². The number of nitrogens with one attached hydrogen (secondary N) is 2. The summed E-state index contributed by atoms with van der Waals surface area (Å²) < 4.78 is 0. The van der Waals surface area contributed by atoms with Gasteiger partial charge in [-0.05, 0) is 18.6 Å². The molecule has 0 aliphatic rings. The molecule has 0 saturated heterocycles. The summed E-state index contributed by atoms with van der Waals surface area (Å²) >= 11 is 0. The molecule has 2 rings (SSSR count). The molecule has 5 heteroatoms. The Balaban J connectivity index is 1.90. The number of hydrogen-bond acceptors (Lipinski definition) is 3. The molecule has 0 aliphatic carbocycles. The third-order valence-corrected chi connectivity index (χ3v) is 2.82. The average Bonchev–Trinajstić information content (AvgIpc) is 2.75. The molecule has 0 unspecified atom stereocenters. The Morgan fingerprint density at radius 2 is 2.17 bits per heavy atom. The third-order valence-electron chi connectivity index (χ3n) is 2.82. The van der Waals surface area contributed by atoms with Gasteiger partial charge in [0.15, 0.2) is 0 Å². The molecule has 18 heavy (non-hydrogen) atoms. The Morgan fingerprint density at radius 3 is 2.83 bits per heavy atom. The van der Waals surface area contributed by atoms with Crippen LogP contribution < -0.4 is 11.1 Å². The highest BCUT2D eigenvalue weighted by atomic mass is 16.1. The van der Waals surface area contributed by atoms with Crippen molar-refractivity contribution in [2.24, 2.45) is 0 Å². The summed E-state index contributed by atoms with van der Waals surface area (Å²) in [6.07, 6.45) is 2.01. The third kappa shape index (κ3) is 2.88. The summed E-state index contributed by atoms with van der Waals surface area (Å²) in [7, 11) is 0. The lowest BCUT2D eigenvalue weighted by Gasteiger charge is -2.06. The molecule has 1 heterocycles. The first-order valence-electron chi connectivity index (χ1n) is 5.75. The summed E-state index contributed by atoms with van der Waals surface area (Å²) in [5.74, 6) is -0.0477. The minimum absolute atomic E-state index is 0.0477. The Morgan fingerprint density at radius 1 is 1.39 bits per heavy atom. The van der Waals surface area contributed by atoms with Gasteiger partial charge in [-0.15, -0.1) is 0 Å². The van der Waals surface area contributed by atoms with Crippen LogP contribution in [0.15, 0.2) is 30.5 Å². The van der Waals surface area contributed by atoms with E-state index in [1.807, 2.05) is 25.1 Å². The summed E-state index contributed by atoms with van der Waals surface area (Å²) in [5.41, 5.74) is 9.24. The van der Waals surface area contributed by atoms with Crippen LogP contribution >= 0.6 is 0 Å². The number of aromatic nitrogens is 2. The number of H-pyrrole nitrogens is 1. The lowest BCUT2D eigenvalue weighted by atomic mass is 10.1. The van der Waals surface area contributed by atoms with Crippen molar-refractivity contribution in [3.05, 3.63) is 47.3 Å². The maximum atomic E-state index is 11.8. The van der Waals surface area contributed by atoms with E-state index in [-0.39, 0.29) is 5.91 Å². The van der Waals surface area contributed by atoms with Gasteiger partial charge in [0.25, 0.3) is 0 Å². The molecular formula is C13H16N4O. The number of nitrogens with two attached hydrogens (primary N) is 1. The van der Waals surface area contributed by atoms with Gasteiger partial charge in [0, 0.05) is 23.5 Å². The number of aryl methyl sites for hydroxylation is 1. The second kappa shape index (κ2) is 5.35. The number of carbonyl (C=O) groups is 1. The van der Waals surface area contributed by atoms with Crippen LogP contribution in [0, 0.1) is 6.92 Å². The molecular weight excluding hydrogens is 228 g/mol. The van der Waals surface area contributed by atoms with Crippen LogP contribution in [-0.4, -0.2) is 16.1 Å².